The van der Waals surface area contributed by atoms with E-state index < -0.39 is 17.8 Å². The molecule has 0 radical (unpaired) electrons. The Kier molecular flexibility index (Phi) is 14.8. The van der Waals surface area contributed by atoms with E-state index in [4.69, 9.17) is 9.84 Å². The summed E-state index contributed by atoms with van der Waals surface area (Å²) in [5.74, 6) is -1.15. The fourth-order valence-corrected chi connectivity index (χ4v) is 4.91. The van der Waals surface area contributed by atoms with E-state index in [1.165, 1.54) is 5.01 Å². The van der Waals surface area contributed by atoms with Gasteiger partial charge in [0.2, 0.25) is 0 Å². The average molecular weight is 552 g/mol. The van der Waals surface area contributed by atoms with Gasteiger partial charge in [-0.3, -0.25) is 4.79 Å². The van der Waals surface area contributed by atoms with Crippen LogP contribution >= 0.6 is 0 Å². The van der Waals surface area contributed by atoms with Crippen LogP contribution in [-0.4, -0.2) is 69.7 Å². The number of hydrogen-bond donors (Lipinski definition) is 0. The van der Waals surface area contributed by atoms with Crippen LogP contribution in [0.5, 0.6) is 0 Å². The van der Waals surface area contributed by atoms with E-state index in [-0.39, 0.29) is 17.9 Å². The highest BCUT2D eigenvalue weighted by Gasteiger charge is 2.44. The van der Waals surface area contributed by atoms with Crippen molar-refractivity contribution in [1.29, 1.82) is 0 Å². The third kappa shape index (κ3) is 9.99. The Balaban J connectivity index is 0.000000526. The van der Waals surface area contributed by atoms with E-state index in [1.807, 2.05) is 30.6 Å². The molecule has 1 aromatic heterocycles. The first-order chi connectivity index (χ1) is 19.4. The number of aromatic nitrogens is 2. The van der Waals surface area contributed by atoms with Gasteiger partial charge in [0.1, 0.15) is 11.9 Å². The maximum Gasteiger partial charge on any atom is 0.253 e. The van der Waals surface area contributed by atoms with Gasteiger partial charge in [-0.15, -0.1) is 19.7 Å². The first-order valence-corrected chi connectivity index (χ1v) is 14.1. The lowest BCUT2D eigenvalue weighted by Crippen LogP contribution is -2.44. The zero-order chi connectivity index (χ0) is 29.3. The molecule has 1 fully saturated rings. The first kappa shape index (κ1) is 32.8. The number of hydrogen-bond acceptors (Lipinski definition) is 5. The molecule has 1 amide bonds. The van der Waals surface area contributed by atoms with Crippen molar-refractivity contribution < 1.29 is 13.9 Å². The van der Waals surface area contributed by atoms with Crippen LogP contribution in [0.2, 0.25) is 0 Å². The van der Waals surface area contributed by atoms with Crippen molar-refractivity contribution in [2.24, 2.45) is 16.9 Å². The highest BCUT2D eigenvalue weighted by Crippen LogP contribution is 2.32. The summed E-state index contributed by atoms with van der Waals surface area (Å²) >= 11 is 0. The van der Waals surface area contributed by atoms with Crippen molar-refractivity contribution in [2.75, 3.05) is 26.2 Å². The van der Waals surface area contributed by atoms with Crippen molar-refractivity contribution in [1.82, 2.24) is 19.7 Å². The van der Waals surface area contributed by atoms with E-state index in [0.29, 0.717) is 26.0 Å². The van der Waals surface area contributed by atoms with Crippen molar-refractivity contribution >= 4 is 17.8 Å². The van der Waals surface area contributed by atoms with E-state index in [1.54, 1.807) is 29.1 Å². The molecular formula is C32H46FN5O2. The minimum absolute atomic E-state index is 0.0491. The van der Waals surface area contributed by atoms with Crippen LogP contribution in [0.4, 0.5) is 4.39 Å². The maximum absolute atomic E-state index is 14.3. The molecule has 1 aromatic rings. The highest BCUT2D eigenvalue weighted by molar-refractivity contribution is 6.09. The van der Waals surface area contributed by atoms with Gasteiger partial charge in [0.15, 0.2) is 0 Å². The monoisotopic (exact) mass is 551 g/mol. The standard InChI is InChI=1S/C25H38FN3O2.C7H8N2/c1-6-9-13-22(20(5)26)29-25(30)21-18-28(15-10-7-2)16-12-11-14-23(31-17-8-3)19(4)24(21)27-29;1-2-3-6-9-7-4-5-8-9/h6-8,19,21-23H,1-3,5,9-18H2,4H3;2-7H,1H2/b;6-3+. The fourth-order valence-electron chi connectivity index (χ4n) is 4.91. The summed E-state index contributed by atoms with van der Waals surface area (Å²) in [6.07, 6.45) is 19.1. The molecule has 3 rings (SSSR count). The number of amides is 1. The van der Waals surface area contributed by atoms with Crippen molar-refractivity contribution in [2.45, 2.75) is 57.6 Å². The first-order valence-electron chi connectivity index (χ1n) is 14.1. The topological polar surface area (TPSA) is 63.0 Å². The molecule has 4 unspecified atom stereocenters. The Labute approximate surface area is 239 Å². The van der Waals surface area contributed by atoms with Gasteiger partial charge in [0.25, 0.3) is 5.91 Å². The van der Waals surface area contributed by atoms with Gasteiger partial charge in [0.05, 0.1) is 24.3 Å². The third-order valence-electron chi connectivity index (χ3n) is 7.06. The number of carbonyl (C=O) groups excluding carboxylic acids is 1. The Morgan fingerprint density at radius 1 is 1.20 bits per heavy atom. The molecule has 0 N–H and O–H groups in total. The fraction of sp³-hybridized carbons (Fsp3) is 0.469. The number of halogens is 1. The van der Waals surface area contributed by atoms with E-state index in [2.05, 4.69) is 49.8 Å². The van der Waals surface area contributed by atoms with Gasteiger partial charge >= 0.3 is 0 Å². The van der Waals surface area contributed by atoms with Crippen molar-refractivity contribution in [3.63, 3.8) is 0 Å². The van der Waals surface area contributed by atoms with E-state index in [0.717, 1.165) is 44.5 Å². The van der Waals surface area contributed by atoms with Crippen molar-refractivity contribution in [3.8, 4) is 0 Å². The second kappa shape index (κ2) is 18.1. The molecule has 218 valence electrons. The van der Waals surface area contributed by atoms with Crippen LogP contribution in [0.1, 0.15) is 45.4 Å². The van der Waals surface area contributed by atoms with Crippen LogP contribution in [0.25, 0.3) is 6.20 Å². The lowest BCUT2D eigenvalue weighted by Gasteiger charge is -2.31. The zero-order valence-electron chi connectivity index (χ0n) is 24.0. The van der Waals surface area contributed by atoms with Gasteiger partial charge in [-0.2, -0.15) is 10.2 Å². The molecule has 0 aliphatic carbocycles. The second-order valence-electron chi connectivity index (χ2n) is 9.98. The molecule has 0 saturated carbocycles. The minimum Gasteiger partial charge on any atom is -0.374 e. The molecule has 7 nitrogen and oxygen atoms in total. The Morgan fingerprint density at radius 3 is 2.60 bits per heavy atom. The summed E-state index contributed by atoms with van der Waals surface area (Å²) in [5.41, 5.74) is 0.786. The lowest BCUT2D eigenvalue weighted by atomic mass is 9.86. The number of carbonyl (C=O) groups is 1. The molecule has 8 heteroatoms. The number of rotatable bonds is 13. The van der Waals surface area contributed by atoms with Crippen LogP contribution in [0.3, 0.4) is 0 Å². The van der Waals surface area contributed by atoms with Crippen molar-refractivity contribution in [3.05, 3.63) is 87.6 Å². The zero-order valence-corrected chi connectivity index (χ0v) is 24.0. The van der Waals surface area contributed by atoms with Gasteiger partial charge < -0.3 is 9.64 Å². The summed E-state index contributed by atoms with van der Waals surface area (Å²) < 4.78 is 22.1. The van der Waals surface area contributed by atoms with Crippen LogP contribution in [0.15, 0.2) is 92.7 Å². The SMILES string of the molecule is C=C/C=C/n1cccn1.C=CCCC(C(=C)F)N1N=C2C(CN(CCC=C)CCCCC(OCC=C)C2C)C1=O. The van der Waals surface area contributed by atoms with Crippen LogP contribution < -0.4 is 0 Å². The molecule has 1 saturated heterocycles. The Hall–Kier alpha value is -3.36. The molecule has 0 aromatic carbocycles. The Morgan fingerprint density at radius 2 is 1.98 bits per heavy atom. The third-order valence-corrected chi connectivity index (χ3v) is 7.06. The van der Waals surface area contributed by atoms with Gasteiger partial charge in [-0.1, -0.05) is 44.4 Å². The number of fused-ring (bicyclic) bond motifs is 1. The van der Waals surface area contributed by atoms with Gasteiger partial charge in [-0.05, 0) is 57.2 Å². The quantitative estimate of drug-likeness (QED) is 0.209. The highest BCUT2D eigenvalue weighted by atomic mass is 19.1. The molecular weight excluding hydrogens is 505 g/mol. The number of allylic oxidation sites excluding steroid dienone is 3. The molecule has 2 aliphatic heterocycles. The summed E-state index contributed by atoms with van der Waals surface area (Å²) in [6.45, 7) is 23.2. The number of ether oxygens (including phenoxy) is 1. The minimum atomic E-state index is -0.767. The van der Waals surface area contributed by atoms with Crippen LogP contribution in [0, 0.1) is 11.8 Å². The maximum atomic E-state index is 14.3. The van der Waals surface area contributed by atoms with E-state index >= 15 is 0 Å². The summed E-state index contributed by atoms with van der Waals surface area (Å²) in [7, 11) is 0. The molecule has 2 aliphatic rings. The molecule has 3 heterocycles. The van der Waals surface area contributed by atoms with Gasteiger partial charge in [0, 0.05) is 37.6 Å². The smallest absolute Gasteiger partial charge is 0.253 e. The summed E-state index contributed by atoms with van der Waals surface area (Å²) in [4.78, 5) is 15.8. The Bertz CT molecular complexity index is 1030. The van der Waals surface area contributed by atoms with Gasteiger partial charge in [-0.25, -0.2) is 14.1 Å². The summed E-state index contributed by atoms with van der Waals surface area (Å²) in [6, 6.07) is 1.10. The normalized spacial score (nSPS) is 22.4. The molecule has 4 atom stereocenters. The number of nitrogens with zero attached hydrogens (tertiary/aromatic N) is 5. The predicted molar refractivity (Wildman–Crippen MR) is 163 cm³/mol. The lowest BCUT2D eigenvalue weighted by molar-refractivity contribution is -0.134. The molecule has 0 spiro atoms. The number of hydrazone groups is 1. The largest absolute Gasteiger partial charge is 0.374 e. The second-order valence-corrected chi connectivity index (χ2v) is 9.98. The van der Waals surface area contributed by atoms with E-state index in [9.17, 15) is 9.18 Å². The average Bonchev–Trinajstić information content (AvgIpc) is 3.58. The summed E-state index contributed by atoms with van der Waals surface area (Å²) in [5, 5.41) is 9.97. The van der Waals surface area contributed by atoms with Crippen LogP contribution in [-0.2, 0) is 9.53 Å². The molecule has 0 bridgehead atoms. The predicted octanol–water partition coefficient (Wildman–Crippen LogP) is 6.43. The molecule has 40 heavy (non-hydrogen) atoms.